The molecule has 2 unspecified atom stereocenters. The Labute approximate surface area is 133 Å². The van der Waals surface area contributed by atoms with E-state index in [1.165, 1.54) is 23.2 Å². The van der Waals surface area contributed by atoms with Gasteiger partial charge in [-0.15, -0.1) is 11.3 Å². The summed E-state index contributed by atoms with van der Waals surface area (Å²) >= 11 is 1.24. The van der Waals surface area contributed by atoms with Gasteiger partial charge in [0.05, 0.1) is 11.0 Å². The molecule has 1 aliphatic heterocycles. The van der Waals surface area contributed by atoms with E-state index in [-0.39, 0.29) is 23.7 Å². The van der Waals surface area contributed by atoms with Gasteiger partial charge in [0, 0.05) is 31.6 Å². The zero-order valence-electron chi connectivity index (χ0n) is 12.9. The lowest BCUT2D eigenvalue weighted by molar-refractivity contribution is -0.140. The quantitative estimate of drug-likeness (QED) is 0.829. The number of carbonyl (C=O) groups excluding carboxylic acids is 3. The molecule has 7 heteroatoms. The van der Waals surface area contributed by atoms with Crippen LogP contribution in [0.2, 0.25) is 0 Å². The molecule has 0 aliphatic carbocycles. The summed E-state index contributed by atoms with van der Waals surface area (Å²) in [5, 5.41) is 4.47. The Hall–Kier alpha value is -1.73. The van der Waals surface area contributed by atoms with Gasteiger partial charge in [-0.25, -0.2) is 0 Å². The number of ether oxygens (including phenoxy) is 1. The fourth-order valence-corrected chi connectivity index (χ4v) is 3.12. The van der Waals surface area contributed by atoms with Gasteiger partial charge in [-0.05, 0) is 25.8 Å². The highest BCUT2D eigenvalue weighted by Crippen LogP contribution is 2.21. The van der Waals surface area contributed by atoms with Gasteiger partial charge in [-0.3, -0.25) is 14.4 Å². The van der Waals surface area contributed by atoms with E-state index in [9.17, 15) is 14.4 Å². The summed E-state index contributed by atoms with van der Waals surface area (Å²) in [5.74, 6) is -0.318. The normalized spacial score (nSPS) is 20.7. The molecule has 0 aromatic carbocycles. The first-order chi connectivity index (χ1) is 10.4. The lowest BCUT2D eigenvalue weighted by Gasteiger charge is -2.17. The summed E-state index contributed by atoms with van der Waals surface area (Å²) in [6, 6.07) is 1.59. The minimum atomic E-state index is -0.414. The molecule has 0 radical (unpaired) electrons. The Morgan fingerprint density at radius 3 is 2.68 bits per heavy atom. The third-order valence-electron chi connectivity index (χ3n) is 3.54. The molecule has 1 aliphatic rings. The van der Waals surface area contributed by atoms with Gasteiger partial charge in [0.25, 0.3) is 11.8 Å². The highest BCUT2D eigenvalue weighted by molar-refractivity contribution is 7.12. The topological polar surface area (TPSA) is 75.7 Å². The van der Waals surface area contributed by atoms with Gasteiger partial charge in [-0.1, -0.05) is 0 Å². The monoisotopic (exact) mass is 324 g/mol. The van der Waals surface area contributed by atoms with Crippen LogP contribution < -0.4 is 5.32 Å². The van der Waals surface area contributed by atoms with Crippen molar-refractivity contribution >= 4 is 28.9 Å². The van der Waals surface area contributed by atoms with Crippen LogP contribution in [-0.2, 0) is 9.53 Å². The molecular formula is C15H20N2O4S. The number of hydrogen-bond donors (Lipinski definition) is 1. The highest BCUT2D eigenvalue weighted by atomic mass is 32.1. The van der Waals surface area contributed by atoms with Crippen LogP contribution in [0.4, 0.5) is 0 Å². The second kappa shape index (κ2) is 7.02. The summed E-state index contributed by atoms with van der Waals surface area (Å²) in [6.45, 7) is 1.83. The largest absolute Gasteiger partial charge is 0.363 e. The van der Waals surface area contributed by atoms with Gasteiger partial charge < -0.3 is 15.0 Å². The molecule has 2 heterocycles. The van der Waals surface area contributed by atoms with Gasteiger partial charge in [-0.2, -0.15) is 0 Å². The second-order valence-corrected chi connectivity index (χ2v) is 6.43. The SMILES string of the molecule is CC(=O)c1csc(C(=O)NCC2CCC(C(=O)N(C)C)O2)c1. The number of Topliss-reactive ketones (excluding diaryl/α,β-unsaturated/α-hetero) is 1. The molecule has 1 aromatic heterocycles. The van der Waals surface area contributed by atoms with Gasteiger partial charge >= 0.3 is 0 Å². The van der Waals surface area contributed by atoms with Crippen molar-refractivity contribution in [3.63, 3.8) is 0 Å². The maximum absolute atomic E-state index is 12.0. The van der Waals surface area contributed by atoms with Crippen LogP contribution in [-0.4, -0.2) is 55.3 Å². The van der Waals surface area contributed by atoms with E-state index in [0.29, 0.717) is 23.4 Å². The van der Waals surface area contributed by atoms with Crippen molar-refractivity contribution in [1.29, 1.82) is 0 Å². The zero-order valence-corrected chi connectivity index (χ0v) is 13.7. The average molecular weight is 324 g/mol. The minimum absolute atomic E-state index is 0.0433. The molecule has 1 fully saturated rings. The van der Waals surface area contributed by atoms with E-state index >= 15 is 0 Å². The molecule has 120 valence electrons. The van der Waals surface area contributed by atoms with Crippen LogP contribution in [0.15, 0.2) is 11.4 Å². The summed E-state index contributed by atoms with van der Waals surface area (Å²) in [7, 11) is 3.40. The number of rotatable bonds is 5. The lowest BCUT2D eigenvalue weighted by atomic mass is 10.2. The van der Waals surface area contributed by atoms with Gasteiger partial charge in [0.15, 0.2) is 5.78 Å². The van der Waals surface area contributed by atoms with Crippen LogP contribution in [0.5, 0.6) is 0 Å². The van der Waals surface area contributed by atoms with E-state index in [1.54, 1.807) is 25.5 Å². The number of carbonyl (C=O) groups is 3. The predicted octanol–water partition coefficient (Wildman–Crippen LogP) is 1.32. The molecule has 0 spiro atoms. The summed E-state index contributed by atoms with van der Waals surface area (Å²) < 4.78 is 5.66. The molecule has 2 rings (SSSR count). The Balaban J connectivity index is 1.82. The van der Waals surface area contributed by atoms with E-state index in [4.69, 9.17) is 4.74 Å². The first kappa shape index (κ1) is 16.6. The maximum Gasteiger partial charge on any atom is 0.261 e. The molecule has 0 bridgehead atoms. The molecule has 2 atom stereocenters. The molecule has 1 aromatic rings. The number of amides is 2. The van der Waals surface area contributed by atoms with Crippen molar-refractivity contribution in [3.8, 4) is 0 Å². The molecule has 2 amide bonds. The molecule has 22 heavy (non-hydrogen) atoms. The second-order valence-electron chi connectivity index (χ2n) is 5.52. The first-order valence-electron chi connectivity index (χ1n) is 7.12. The van der Waals surface area contributed by atoms with E-state index in [0.717, 1.165) is 6.42 Å². The maximum atomic E-state index is 12.0. The number of likely N-dealkylation sites (N-methyl/N-ethyl adjacent to an activating group) is 1. The minimum Gasteiger partial charge on any atom is -0.363 e. The van der Waals surface area contributed by atoms with Gasteiger partial charge in [0.1, 0.15) is 6.10 Å². The molecule has 1 saturated heterocycles. The van der Waals surface area contributed by atoms with E-state index in [1.807, 2.05) is 0 Å². The Morgan fingerprint density at radius 1 is 1.36 bits per heavy atom. The standard InChI is InChI=1S/C15H20N2O4S/c1-9(18)10-6-13(22-8-10)14(19)16-7-11-4-5-12(21-11)15(20)17(2)3/h6,8,11-12H,4-5,7H2,1-3H3,(H,16,19). The number of nitrogens with one attached hydrogen (secondary N) is 1. The van der Waals surface area contributed by atoms with Crippen molar-refractivity contribution in [2.24, 2.45) is 0 Å². The predicted molar refractivity (Wildman–Crippen MR) is 83.2 cm³/mol. The summed E-state index contributed by atoms with van der Waals surface area (Å²) in [5.41, 5.74) is 0.545. The molecule has 0 saturated carbocycles. The van der Waals surface area contributed by atoms with Crippen molar-refractivity contribution in [2.75, 3.05) is 20.6 Å². The molecular weight excluding hydrogens is 304 g/mol. The van der Waals surface area contributed by atoms with Crippen molar-refractivity contribution in [1.82, 2.24) is 10.2 Å². The van der Waals surface area contributed by atoms with Crippen molar-refractivity contribution in [2.45, 2.75) is 32.0 Å². The Kier molecular flexibility index (Phi) is 5.31. The smallest absolute Gasteiger partial charge is 0.261 e. The number of ketones is 1. The lowest BCUT2D eigenvalue weighted by Crippen LogP contribution is -2.36. The van der Waals surface area contributed by atoms with Crippen LogP contribution in [0.1, 0.15) is 39.8 Å². The number of hydrogen-bond acceptors (Lipinski definition) is 5. The molecule has 1 N–H and O–H groups in total. The summed E-state index contributed by atoms with van der Waals surface area (Å²) in [4.78, 5) is 37.1. The number of nitrogens with zero attached hydrogens (tertiary/aromatic N) is 1. The third kappa shape index (κ3) is 3.92. The third-order valence-corrected chi connectivity index (χ3v) is 4.47. The van der Waals surface area contributed by atoms with Crippen LogP contribution in [0.3, 0.4) is 0 Å². The van der Waals surface area contributed by atoms with E-state index < -0.39 is 6.10 Å². The van der Waals surface area contributed by atoms with E-state index in [2.05, 4.69) is 5.32 Å². The first-order valence-corrected chi connectivity index (χ1v) is 8.00. The van der Waals surface area contributed by atoms with Crippen molar-refractivity contribution in [3.05, 3.63) is 21.9 Å². The van der Waals surface area contributed by atoms with Gasteiger partial charge in [0.2, 0.25) is 0 Å². The van der Waals surface area contributed by atoms with Crippen molar-refractivity contribution < 1.29 is 19.1 Å². The highest BCUT2D eigenvalue weighted by Gasteiger charge is 2.31. The number of thiophene rings is 1. The van der Waals surface area contributed by atoms with Crippen LogP contribution >= 0.6 is 11.3 Å². The van der Waals surface area contributed by atoms with Crippen LogP contribution in [0, 0.1) is 0 Å². The molecule has 6 nitrogen and oxygen atoms in total. The Morgan fingerprint density at radius 2 is 2.09 bits per heavy atom. The fraction of sp³-hybridized carbons (Fsp3) is 0.533. The summed E-state index contributed by atoms with van der Waals surface area (Å²) in [6.07, 6.45) is 0.853. The average Bonchev–Trinajstić information content (AvgIpc) is 3.13. The fourth-order valence-electron chi connectivity index (χ4n) is 2.26. The zero-order chi connectivity index (χ0) is 16.3. The van der Waals surface area contributed by atoms with Crippen LogP contribution in [0.25, 0.3) is 0 Å². The Bertz CT molecular complexity index is 582.